The Morgan fingerprint density at radius 2 is 2.11 bits per heavy atom. The fraction of sp³-hybridized carbons (Fsp3) is 0.583. The van der Waals surface area contributed by atoms with Crippen LogP contribution in [0.2, 0.25) is 0 Å². The van der Waals surface area contributed by atoms with E-state index < -0.39 is 18.1 Å². The van der Waals surface area contributed by atoms with Crippen molar-refractivity contribution in [2.24, 2.45) is 5.92 Å². The molecular formula is C12H19N3O4. The Labute approximate surface area is 111 Å². The fourth-order valence-electron chi connectivity index (χ4n) is 1.64. The number of nitrogens with one attached hydrogen (secondary N) is 1. The van der Waals surface area contributed by atoms with Crippen molar-refractivity contribution in [2.75, 3.05) is 13.7 Å². The number of hydrogen-bond donors (Lipinski definition) is 3. The van der Waals surface area contributed by atoms with Gasteiger partial charge in [-0.15, -0.1) is 0 Å². The van der Waals surface area contributed by atoms with Crippen LogP contribution in [-0.2, 0) is 4.79 Å². The van der Waals surface area contributed by atoms with Crippen molar-refractivity contribution in [1.29, 1.82) is 0 Å². The molecular weight excluding hydrogens is 250 g/mol. The molecule has 0 aromatic carbocycles. The summed E-state index contributed by atoms with van der Waals surface area (Å²) in [6.45, 7) is 2.09. The van der Waals surface area contributed by atoms with Crippen LogP contribution < -0.4 is 10.1 Å². The van der Waals surface area contributed by atoms with E-state index in [4.69, 9.17) is 9.84 Å². The van der Waals surface area contributed by atoms with Crippen LogP contribution in [0.5, 0.6) is 6.01 Å². The van der Waals surface area contributed by atoms with Crippen molar-refractivity contribution in [3.8, 4) is 6.01 Å². The smallest absolute Gasteiger partial charge is 0.323 e. The molecule has 0 aliphatic heterocycles. The number of carboxylic acids is 1. The Hall–Kier alpha value is -1.73. The van der Waals surface area contributed by atoms with Gasteiger partial charge in [0.05, 0.1) is 12.7 Å². The van der Waals surface area contributed by atoms with Crippen molar-refractivity contribution >= 4 is 5.97 Å². The minimum Gasteiger partial charge on any atom is -0.480 e. The van der Waals surface area contributed by atoms with E-state index in [1.807, 2.05) is 0 Å². The quantitative estimate of drug-likeness (QED) is 0.606. The highest BCUT2D eigenvalue weighted by Gasteiger charge is 2.29. The van der Waals surface area contributed by atoms with Crippen LogP contribution in [0, 0.1) is 5.92 Å². The highest BCUT2D eigenvalue weighted by molar-refractivity contribution is 5.74. The molecule has 3 atom stereocenters. The van der Waals surface area contributed by atoms with Crippen molar-refractivity contribution in [1.82, 2.24) is 15.3 Å². The normalized spacial score (nSPS) is 15.5. The molecule has 0 saturated heterocycles. The number of hydrogen-bond acceptors (Lipinski definition) is 6. The van der Waals surface area contributed by atoms with E-state index in [-0.39, 0.29) is 11.9 Å². The molecule has 1 heterocycles. The van der Waals surface area contributed by atoms with Crippen LogP contribution in [0.3, 0.4) is 0 Å². The Kier molecular flexibility index (Phi) is 6.17. The summed E-state index contributed by atoms with van der Waals surface area (Å²) in [6, 6.07) is 0.972. The van der Waals surface area contributed by atoms with E-state index in [1.165, 1.54) is 7.05 Å². The van der Waals surface area contributed by atoms with E-state index in [0.29, 0.717) is 13.0 Å². The van der Waals surface area contributed by atoms with Crippen LogP contribution in [0.4, 0.5) is 0 Å². The molecule has 1 aromatic heterocycles. The summed E-state index contributed by atoms with van der Waals surface area (Å²) in [5.41, 5.74) is 0. The number of aliphatic carboxylic acids is 1. The largest absolute Gasteiger partial charge is 0.480 e. The lowest BCUT2D eigenvalue weighted by atomic mass is 9.95. The molecule has 0 aliphatic rings. The van der Waals surface area contributed by atoms with Crippen LogP contribution in [0.25, 0.3) is 0 Å². The molecule has 3 N–H and O–H groups in total. The number of aliphatic hydroxyl groups excluding tert-OH is 1. The van der Waals surface area contributed by atoms with E-state index >= 15 is 0 Å². The Bertz CT molecular complexity index is 388. The maximum absolute atomic E-state index is 10.9. The summed E-state index contributed by atoms with van der Waals surface area (Å²) >= 11 is 0. The molecule has 0 amide bonds. The Balaban J connectivity index is 2.38. The summed E-state index contributed by atoms with van der Waals surface area (Å²) in [5.74, 6) is -1.30. The lowest BCUT2D eigenvalue weighted by molar-refractivity contribution is -0.143. The molecule has 7 nitrogen and oxygen atoms in total. The molecule has 0 fully saturated rings. The molecule has 19 heavy (non-hydrogen) atoms. The molecule has 7 heteroatoms. The van der Waals surface area contributed by atoms with Gasteiger partial charge in [-0.2, -0.15) is 0 Å². The first-order valence-electron chi connectivity index (χ1n) is 6.04. The van der Waals surface area contributed by atoms with E-state index in [2.05, 4.69) is 15.3 Å². The molecule has 0 radical (unpaired) electrons. The maximum Gasteiger partial charge on any atom is 0.323 e. The number of aromatic nitrogens is 2. The number of ether oxygens (including phenoxy) is 1. The van der Waals surface area contributed by atoms with Crippen molar-refractivity contribution in [3.63, 3.8) is 0 Å². The topological polar surface area (TPSA) is 105 Å². The van der Waals surface area contributed by atoms with Gasteiger partial charge in [0.25, 0.3) is 0 Å². The monoisotopic (exact) mass is 269 g/mol. The lowest BCUT2D eigenvalue weighted by Crippen LogP contribution is -2.47. The van der Waals surface area contributed by atoms with Gasteiger partial charge in [-0.05, 0) is 25.5 Å². The van der Waals surface area contributed by atoms with Crippen LogP contribution in [0.1, 0.15) is 13.3 Å². The Morgan fingerprint density at radius 1 is 1.47 bits per heavy atom. The van der Waals surface area contributed by atoms with Gasteiger partial charge in [0.2, 0.25) is 0 Å². The van der Waals surface area contributed by atoms with Gasteiger partial charge in [-0.25, -0.2) is 9.97 Å². The summed E-state index contributed by atoms with van der Waals surface area (Å²) in [6.07, 6.45) is 2.66. The molecule has 1 aromatic rings. The summed E-state index contributed by atoms with van der Waals surface area (Å²) in [5, 5.41) is 21.4. The molecule has 0 unspecified atom stereocenters. The molecule has 0 bridgehead atoms. The molecule has 106 valence electrons. The zero-order chi connectivity index (χ0) is 14.3. The third-order valence-corrected chi connectivity index (χ3v) is 2.85. The second-order valence-electron chi connectivity index (χ2n) is 4.24. The van der Waals surface area contributed by atoms with E-state index in [9.17, 15) is 9.90 Å². The zero-order valence-electron chi connectivity index (χ0n) is 11.0. The zero-order valence-corrected chi connectivity index (χ0v) is 11.0. The summed E-state index contributed by atoms with van der Waals surface area (Å²) in [7, 11) is 1.50. The van der Waals surface area contributed by atoms with Crippen molar-refractivity contribution in [2.45, 2.75) is 25.5 Å². The van der Waals surface area contributed by atoms with Gasteiger partial charge in [-0.3, -0.25) is 4.79 Å². The van der Waals surface area contributed by atoms with Gasteiger partial charge in [-0.1, -0.05) is 6.92 Å². The van der Waals surface area contributed by atoms with Gasteiger partial charge in [0.1, 0.15) is 6.04 Å². The van der Waals surface area contributed by atoms with Crippen LogP contribution in [0.15, 0.2) is 18.5 Å². The number of nitrogens with zero attached hydrogens (tertiary/aromatic N) is 2. The molecule has 1 rings (SSSR count). The Morgan fingerprint density at radius 3 is 2.63 bits per heavy atom. The predicted molar refractivity (Wildman–Crippen MR) is 67.8 cm³/mol. The standard InChI is InChI=1S/C12H19N3O4/c1-8(10(16)9(13-2)11(17)18)4-7-19-12-14-5-3-6-15-12/h3,5-6,8-10,13,16H,4,7H2,1-2H3,(H,17,18)/t8-,9+,10-/m1/s1. The average molecular weight is 269 g/mol. The van der Waals surface area contributed by atoms with Gasteiger partial charge >= 0.3 is 12.0 Å². The molecule has 0 saturated carbocycles. The highest BCUT2D eigenvalue weighted by Crippen LogP contribution is 2.12. The van der Waals surface area contributed by atoms with Crippen LogP contribution in [-0.4, -0.2) is 52.0 Å². The first-order chi connectivity index (χ1) is 9.06. The second kappa shape index (κ2) is 7.65. The predicted octanol–water partition coefficient (Wildman–Crippen LogP) is -0.0849. The summed E-state index contributed by atoms with van der Waals surface area (Å²) < 4.78 is 5.30. The average Bonchev–Trinajstić information content (AvgIpc) is 2.40. The van der Waals surface area contributed by atoms with Gasteiger partial charge in [0, 0.05) is 12.4 Å². The third-order valence-electron chi connectivity index (χ3n) is 2.85. The number of rotatable bonds is 8. The minimum atomic E-state index is -1.07. The fourth-order valence-corrected chi connectivity index (χ4v) is 1.64. The number of aliphatic hydroxyl groups is 1. The van der Waals surface area contributed by atoms with Gasteiger partial charge < -0.3 is 20.3 Å². The van der Waals surface area contributed by atoms with E-state index in [1.54, 1.807) is 25.4 Å². The maximum atomic E-state index is 10.9. The first kappa shape index (κ1) is 15.3. The third kappa shape index (κ3) is 4.80. The van der Waals surface area contributed by atoms with Crippen LogP contribution >= 0.6 is 0 Å². The number of likely N-dealkylation sites (N-methyl/N-ethyl adjacent to an activating group) is 1. The van der Waals surface area contributed by atoms with E-state index in [0.717, 1.165) is 0 Å². The SMILES string of the molecule is CN[C@H](C(=O)O)[C@H](O)[C@H](C)CCOc1ncccn1. The minimum absolute atomic E-state index is 0.225. The van der Waals surface area contributed by atoms with Crippen molar-refractivity contribution < 1.29 is 19.7 Å². The lowest BCUT2D eigenvalue weighted by Gasteiger charge is -2.24. The number of carboxylic acid groups (broad SMARTS) is 1. The first-order valence-corrected chi connectivity index (χ1v) is 6.04. The number of carbonyl (C=O) groups is 1. The molecule has 0 spiro atoms. The summed E-state index contributed by atoms with van der Waals surface area (Å²) in [4.78, 5) is 18.7. The highest BCUT2D eigenvalue weighted by atomic mass is 16.5. The molecule has 0 aliphatic carbocycles. The van der Waals surface area contributed by atoms with Gasteiger partial charge in [0.15, 0.2) is 0 Å². The van der Waals surface area contributed by atoms with Crippen molar-refractivity contribution in [3.05, 3.63) is 18.5 Å². The second-order valence-corrected chi connectivity index (χ2v) is 4.24.